The minimum absolute atomic E-state index is 0.0564. The lowest BCUT2D eigenvalue weighted by Crippen LogP contribution is -2.44. The molecule has 1 aliphatic carbocycles. The Morgan fingerprint density at radius 2 is 1.81 bits per heavy atom. The third-order valence-corrected chi connectivity index (χ3v) is 4.57. The first-order chi connectivity index (χ1) is 9.96. The molecular formula is C19H30O2. The number of benzene rings is 1. The number of hydrogen-bond acceptors (Lipinski definition) is 2. The van der Waals surface area contributed by atoms with Crippen LogP contribution in [0.4, 0.5) is 0 Å². The highest BCUT2D eigenvalue weighted by molar-refractivity contribution is 5.32. The van der Waals surface area contributed by atoms with Crippen molar-refractivity contribution in [3.8, 4) is 5.75 Å². The Bertz CT molecular complexity index is 439. The molecule has 118 valence electrons. The highest BCUT2D eigenvalue weighted by Crippen LogP contribution is 2.39. The van der Waals surface area contributed by atoms with Crippen LogP contribution >= 0.6 is 0 Å². The lowest BCUT2D eigenvalue weighted by atomic mass is 9.80. The van der Waals surface area contributed by atoms with Crippen LogP contribution < -0.4 is 0 Å². The average molecular weight is 290 g/mol. The molecule has 0 atom stereocenters. The molecule has 1 fully saturated rings. The predicted molar refractivity (Wildman–Crippen MR) is 87.7 cm³/mol. The van der Waals surface area contributed by atoms with Gasteiger partial charge >= 0.3 is 0 Å². The van der Waals surface area contributed by atoms with Gasteiger partial charge in [0.15, 0.2) is 0 Å². The summed E-state index contributed by atoms with van der Waals surface area (Å²) in [6, 6.07) is 7.60. The van der Waals surface area contributed by atoms with Crippen LogP contribution in [0, 0.1) is 0 Å². The molecule has 1 aromatic rings. The molecule has 0 unspecified atom stereocenters. The van der Waals surface area contributed by atoms with Crippen molar-refractivity contribution in [3.05, 3.63) is 29.8 Å². The maximum absolute atomic E-state index is 9.99. The van der Waals surface area contributed by atoms with Crippen molar-refractivity contribution in [2.24, 2.45) is 0 Å². The molecule has 1 aromatic carbocycles. The summed E-state index contributed by atoms with van der Waals surface area (Å²) in [6.45, 7) is 6.56. The summed E-state index contributed by atoms with van der Waals surface area (Å²) < 4.78 is 6.65. The summed E-state index contributed by atoms with van der Waals surface area (Å²) in [6.07, 6.45) is 9.36. The smallest absolute Gasteiger partial charge is 0.118 e. The predicted octanol–water partition coefficient (Wildman–Crippen LogP) is 5.23. The van der Waals surface area contributed by atoms with Crippen LogP contribution in [-0.2, 0) is 11.2 Å². The Hall–Kier alpha value is -1.02. The molecule has 0 aromatic heterocycles. The average Bonchev–Trinajstić information content (AvgIpc) is 2.42. The number of para-hydroxylation sites is 1. The largest absolute Gasteiger partial charge is 0.508 e. The second-order valence-corrected chi connectivity index (χ2v) is 7.16. The van der Waals surface area contributed by atoms with E-state index in [0.717, 1.165) is 18.4 Å². The first-order valence-corrected chi connectivity index (χ1v) is 8.43. The molecule has 1 N–H and O–H groups in total. The molecule has 0 radical (unpaired) electrons. The van der Waals surface area contributed by atoms with Gasteiger partial charge < -0.3 is 9.84 Å². The number of rotatable bonds is 6. The van der Waals surface area contributed by atoms with Crippen LogP contribution in [0.2, 0.25) is 0 Å². The number of hydrogen-bond donors (Lipinski definition) is 1. The van der Waals surface area contributed by atoms with E-state index in [1.807, 2.05) is 18.2 Å². The van der Waals surface area contributed by atoms with Gasteiger partial charge in [0.2, 0.25) is 0 Å². The summed E-state index contributed by atoms with van der Waals surface area (Å²) in [5.74, 6) is 0.377. The fourth-order valence-electron chi connectivity index (χ4n) is 3.80. The molecule has 2 rings (SSSR count). The summed E-state index contributed by atoms with van der Waals surface area (Å²) >= 11 is 0. The van der Waals surface area contributed by atoms with E-state index in [9.17, 15) is 5.11 Å². The quantitative estimate of drug-likeness (QED) is 0.777. The first-order valence-electron chi connectivity index (χ1n) is 8.43. The van der Waals surface area contributed by atoms with E-state index in [2.05, 4.69) is 20.8 Å². The number of aromatic hydroxyl groups is 1. The van der Waals surface area contributed by atoms with E-state index in [0.29, 0.717) is 5.75 Å². The molecule has 0 bridgehead atoms. The van der Waals surface area contributed by atoms with E-state index in [1.54, 1.807) is 6.07 Å². The van der Waals surface area contributed by atoms with Gasteiger partial charge in [0, 0.05) is 6.42 Å². The first kappa shape index (κ1) is 16.4. The van der Waals surface area contributed by atoms with Gasteiger partial charge in [-0.3, -0.25) is 0 Å². The van der Waals surface area contributed by atoms with Crippen molar-refractivity contribution in [3.63, 3.8) is 0 Å². The molecule has 0 spiro atoms. The van der Waals surface area contributed by atoms with Gasteiger partial charge in [-0.2, -0.15) is 0 Å². The molecule has 21 heavy (non-hydrogen) atoms. The monoisotopic (exact) mass is 290 g/mol. The maximum atomic E-state index is 9.99. The fraction of sp³-hybridized carbons (Fsp3) is 0.684. The number of phenolic OH excluding ortho intramolecular Hbond substituents is 1. The lowest BCUT2D eigenvalue weighted by molar-refractivity contribution is -0.160. The SMILES string of the molecule is CCCC1(OC(C)(C)Cc2ccccc2O)CCCCC1. The molecule has 0 saturated heterocycles. The van der Waals surface area contributed by atoms with Gasteiger partial charge in [-0.05, 0) is 44.7 Å². The second kappa shape index (κ2) is 6.83. The zero-order chi connectivity index (χ0) is 15.3. The van der Waals surface area contributed by atoms with Crippen LogP contribution in [0.3, 0.4) is 0 Å². The van der Waals surface area contributed by atoms with E-state index in [4.69, 9.17) is 4.74 Å². The minimum Gasteiger partial charge on any atom is -0.508 e. The molecule has 0 heterocycles. The Morgan fingerprint density at radius 3 is 2.43 bits per heavy atom. The van der Waals surface area contributed by atoms with Gasteiger partial charge in [0.05, 0.1) is 11.2 Å². The molecule has 2 heteroatoms. The Kier molecular flexibility index (Phi) is 5.32. The Balaban J connectivity index is 2.09. The van der Waals surface area contributed by atoms with Gasteiger partial charge in [-0.1, -0.05) is 50.8 Å². The standard InChI is InChI=1S/C19H30O2/c1-4-12-19(13-8-5-9-14-19)21-18(2,3)15-16-10-6-7-11-17(16)20/h6-7,10-11,20H,4-5,8-9,12-15H2,1-3H3. The second-order valence-electron chi connectivity index (χ2n) is 7.16. The van der Waals surface area contributed by atoms with E-state index in [1.165, 1.54) is 38.5 Å². The number of phenols is 1. The molecule has 1 saturated carbocycles. The van der Waals surface area contributed by atoms with Crippen LogP contribution in [0.5, 0.6) is 5.75 Å². The topological polar surface area (TPSA) is 29.5 Å². The third kappa shape index (κ3) is 4.47. The fourth-order valence-corrected chi connectivity index (χ4v) is 3.80. The zero-order valence-corrected chi connectivity index (χ0v) is 13.8. The van der Waals surface area contributed by atoms with Gasteiger partial charge in [-0.15, -0.1) is 0 Å². The summed E-state index contributed by atoms with van der Waals surface area (Å²) in [7, 11) is 0. The highest BCUT2D eigenvalue weighted by atomic mass is 16.5. The van der Waals surface area contributed by atoms with Crippen LogP contribution in [0.15, 0.2) is 24.3 Å². The van der Waals surface area contributed by atoms with Gasteiger partial charge in [0.25, 0.3) is 0 Å². The van der Waals surface area contributed by atoms with E-state index >= 15 is 0 Å². The summed E-state index contributed by atoms with van der Waals surface area (Å²) in [5, 5.41) is 9.99. The third-order valence-electron chi connectivity index (χ3n) is 4.57. The van der Waals surface area contributed by atoms with Crippen LogP contribution in [0.1, 0.15) is 71.3 Å². The normalized spacial score (nSPS) is 18.6. The Labute approximate surface area is 129 Å². The van der Waals surface area contributed by atoms with Crippen molar-refractivity contribution >= 4 is 0 Å². The molecule has 0 amide bonds. The molecule has 2 nitrogen and oxygen atoms in total. The van der Waals surface area contributed by atoms with Crippen molar-refractivity contribution in [1.82, 2.24) is 0 Å². The maximum Gasteiger partial charge on any atom is 0.118 e. The zero-order valence-electron chi connectivity index (χ0n) is 13.8. The Morgan fingerprint density at radius 1 is 1.14 bits per heavy atom. The summed E-state index contributed by atoms with van der Waals surface area (Å²) in [5.41, 5.74) is 0.789. The van der Waals surface area contributed by atoms with Gasteiger partial charge in [-0.25, -0.2) is 0 Å². The van der Waals surface area contributed by atoms with Crippen molar-refractivity contribution in [1.29, 1.82) is 0 Å². The minimum atomic E-state index is -0.245. The summed E-state index contributed by atoms with van der Waals surface area (Å²) in [4.78, 5) is 0. The number of ether oxygens (including phenoxy) is 1. The molecular weight excluding hydrogens is 260 g/mol. The van der Waals surface area contributed by atoms with Crippen molar-refractivity contribution in [2.75, 3.05) is 0 Å². The van der Waals surface area contributed by atoms with Crippen molar-refractivity contribution < 1.29 is 9.84 Å². The van der Waals surface area contributed by atoms with E-state index < -0.39 is 0 Å². The van der Waals surface area contributed by atoms with Crippen LogP contribution in [-0.4, -0.2) is 16.3 Å². The highest BCUT2D eigenvalue weighted by Gasteiger charge is 2.37. The lowest BCUT2D eigenvalue weighted by Gasteiger charge is -2.43. The van der Waals surface area contributed by atoms with Gasteiger partial charge in [0.1, 0.15) is 5.75 Å². The molecule has 1 aliphatic rings. The van der Waals surface area contributed by atoms with Crippen LogP contribution in [0.25, 0.3) is 0 Å². The van der Waals surface area contributed by atoms with E-state index in [-0.39, 0.29) is 11.2 Å². The molecule has 0 aliphatic heterocycles. The van der Waals surface area contributed by atoms with Crippen molar-refractivity contribution in [2.45, 2.75) is 83.3 Å².